The molecule has 2 aliphatic carbocycles. The van der Waals surface area contributed by atoms with Crippen molar-refractivity contribution in [2.45, 2.75) is 72.3 Å². The van der Waals surface area contributed by atoms with Gasteiger partial charge in [-0.3, -0.25) is 0 Å². The lowest BCUT2D eigenvalue weighted by atomic mass is 9.56. The molecule has 0 heterocycles. The van der Waals surface area contributed by atoms with Gasteiger partial charge in [0.1, 0.15) is 0 Å². The molecule has 2 fully saturated rings. The molecule has 1 heteroatoms. The first-order valence-electron chi connectivity index (χ1n) is 8.03. The SMILES string of the molecule is CC1CCC2C(C1)C([C@@H](C)C(C)(C)O)CC[C@H]2C. The summed E-state index contributed by atoms with van der Waals surface area (Å²) in [5, 5.41) is 10.4. The Labute approximate surface area is 113 Å². The molecule has 0 aliphatic heterocycles. The van der Waals surface area contributed by atoms with Crippen LogP contribution in [0, 0.1) is 35.5 Å². The fraction of sp³-hybridized carbons (Fsp3) is 1.00. The molecule has 1 nitrogen and oxygen atoms in total. The van der Waals surface area contributed by atoms with Crippen molar-refractivity contribution in [3.05, 3.63) is 0 Å². The average molecular weight is 252 g/mol. The lowest BCUT2D eigenvalue weighted by Gasteiger charge is -2.50. The number of hydrogen-bond donors (Lipinski definition) is 1. The van der Waals surface area contributed by atoms with Gasteiger partial charge in [0.05, 0.1) is 5.60 Å². The van der Waals surface area contributed by atoms with Crippen LogP contribution in [0.25, 0.3) is 0 Å². The maximum atomic E-state index is 10.4. The minimum absolute atomic E-state index is 0.433. The zero-order valence-electron chi connectivity index (χ0n) is 12.9. The Kier molecular flexibility index (Phi) is 4.11. The van der Waals surface area contributed by atoms with Crippen LogP contribution in [0.5, 0.6) is 0 Å². The summed E-state index contributed by atoms with van der Waals surface area (Å²) >= 11 is 0. The Morgan fingerprint density at radius 2 is 1.67 bits per heavy atom. The minimum Gasteiger partial charge on any atom is -0.390 e. The molecule has 0 bridgehead atoms. The first-order valence-corrected chi connectivity index (χ1v) is 8.03. The van der Waals surface area contributed by atoms with Gasteiger partial charge in [-0.1, -0.05) is 33.6 Å². The van der Waals surface area contributed by atoms with Gasteiger partial charge in [0.2, 0.25) is 0 Å². The topological polar surface area (TPSA) is 20.2 Å². The van der Waals surface area contributed by atoms with Gasteiger partial charge in [0.15, 0.2) is 0 Å². The second-order valence-electron chi connectivity index (χ2n) is 7.91. The van der Waals surface area contributed by atoms with Crippen molar-refractivity contribution >= 4 is 0 Å². The molecule has 0 radical (unpaired) electrons. The molecule has 2 saturated carbocycles. The van der Waals surface area contributed by atoms with Crippen molar-refractivity contribution in [1.82, 2.24) is 0 Å². The van der Waals surface area contributed by atoms with Crippen molar-refractivity contribution < 1.29 is 5.11 Å². The van der Waals surface area contributed by atoms with Crippen LogP contribution < -0.4 is 0 Å². The fourth-order valence-corrected chi connectivity index (χ4v) is 4.68. The minimum atomic E-state index is -0.517. The summed E-state index contributed by atoms with van der Waals surface area (Å²) in [6.07, 6.45) is 6.97. The van der Waals surface area contributed by atoms with Crippen LogP contribution in [0.15, 0.2) is 0 Å². The Balaban J connectivity index is 2.15. The van der Waals surface area contributed by atoms with E-state index in [2.05, 4.69) is 20.8 Å². The molecule has 0 aromatic heterocycles. The third-order valence-corrected chi connectivity index (χ3v) is 6.21. The lowest BCUT2D eigenvalue weighted by Crippen LogP contribution is -2.45. The van der Waals surface area contributed by atoms with E-state index in [1.807, 2.05) is 13.8 Å². The van der Waals surface area contributed by atoms with Crippen LogP contribution in [0.2, 0.25) is 0 Å². The predicted molar refractivity (Wildman–Crippen MR) is 77.3 cm³/mol. The molecule has 2 aliphatic rings. The van der Waals surface area contributed by atoms with E-state index in [1.165, 1.54) is 32.1 Å². The first kappa shape index (κ1) is 14.4. The first-order chi connectivity index (χ1) is 8.30. The predicted octanol–water partition coefficient (Wildman–Crippen LogP) is 4.49. The normalized spacial score (nSPS) is 43.3. The molecule has 0 amide bonds. The van der Waals surface area contributed by atoms with Gasteiger partial charge in [-0.25, -0.2) is 0 Å². The number of fused-ring (bicyclic) bond motifs is 1. The maximum absolute atomic E-state index is 10.4. The highest BCUT2D eigenvalue weighted by atomic mass is 16.3. The third kappa shape index (κ3) is 2.76. The van der Waals surface area contributed by atoms with Gasteiger partial charge in [0, 0.05) is 0 Å². The molecule has 0 spiro atoms. The third-order valence-electron chi connectivity index (χ3n) is 6.21. The van der Waals surface area contributed by atoms with E-state index in [4.69, 9.17) is 0 Å². The molecule has 1 N–H and O–H groups in total. The zero-order valence-corrected chi connectivity index (χ0v) is 12.9. The van der Waals surface area contributed by atoms with Gasteiger partial charge in [-0.15, -0.1) is 0 Å². The van der Waals surface area contributed by atoms with Crippen LogP contribution in [-0.2, 0) is 0 Å². The van der Waals surface area contributed by atoms with Crippen LogP contribution in [0.1, 0.15) is 66.7 Å². The van der Waals surface area contributed by atoms with Gasteiger partial charge < -0.3 is 5.11 Å². The fourth-order valence-electron chi connectivity index (χ4n) is 4.68. The summed E-state index contributed by atoms with van der Waals surface area (Å²) in [5.41, 5.74) is -0.517. The molecule has 106 valence electrons. The van der Waals surface area contributed by atoms with E-state index < -0.39 is 5.60 Å². The molecule has 4 unspecified atom stereocenters. The van der Waals surface area contributed by atoms with Crippen molar-refractivity contribution in [1.29, 1.82) is 0 Å². The van der Waals surface area contributed by atoms with Crippen molar-refractivity contribution in [2.75, 3.05) is 0 Å². The van der Waals surface area contributed by atoms with Gasteiger partial charge in [0.25, 0.3) is 0 Å². The quantitative estimate of drug-likeness (QED) is 0.767. The lowest BCUT2D eigenvalue weighted by molar-refractivity contribution is -0.0610. The smallest absolute Gasteiger partial charge is 0.0619 e. The van der Waals surface area contributed by atoms with Crippen molar-refractivity contribution in [3.63, 3.8) is 0 Å². The summed E-state index contributed by atoms with van der Waals surface area (Å²) in [5.74, 6) is 4.79. The largest absolute Gasteiger partial charge is 0.390 e. The Bertz CT molecular complexity index is 276. The highest BCUT2D eigenvalue weighted by Crippen LogP contribution is 2.51. The Morgan fingerprint density at radius 3 is 2.28 bits per heavy atom. The standard InChI is InChI=1S/C17H32O/c1-11-6-8-14-12(2)7-9-15(16(14)10-11)13(3)17(4,5)18/h11-16,18H,6-10H2,1-5H3/t11?,12-,13-,14?,15?,16?/m1/s1. The highest BCUT2D eigenvalue weighted by Gasteiger charge is 2.44. The van der Waals surface area contributed by atoms with E-state index in [9.17, 15) is 5.11 Å². The van der Waals surface area contributed by atoms with E-state index in [-0.39, 0.29) is 0 Å². The molecular formula is C17H32O. The molecule has 0 aromatic rings. The summed E-state index contributed by atoms with van der Waals surface area (Å²) in [4.78, 5) is 0. The summed E-state index contributed by atoms with van der Waals surface area (Å²) < 4.78 is 0. The molecule has 2 rings (SSSR count). The van der Waals surface area contributed by atoms with Gasteiger partial charge in [-0.2, -0.15) is 0 Å². The van der Waals surface area contributed by atoms with Crippen molar-refractivity contribution in [3.8, 4) is 0 Å². The summed E-state index contributed by atoms with van der Waals surface area (Å²) in [7, 11) is 0. The van der Waals surface area contributed by atoms with Gasteiger partial charge in [-0.05, 0) is 68.6 Å². The van der Waals surface area contributed by atoms with Crippen LogP contribution in [0.4, 0.5) is 0 Å². The molecule has 0 saturated heterocycles. The summed E-state index contributed by atoms with van der Waals surface area (Å²) in [6, 6.07) is 0. The highest BCUT2D eigenvalue weighted by molar-refractivity contribution is 4.94. The average Bonchev–Trinajstić information content (AvgIpc) is 2.27. The molecule has 6 atom stereocenters. The number of hydrogen-bond acceptors (Lipinski definition) is 1. The maximum Gasteiger partial charge on any atom is 0.0619 e. The second kappa shape index (κ2) is 5.15. The van der Waals surface area contributed by atoms with Crippen LogP contribution in [-0.4, -0.2) is 10.7 Å². The van der Waals surface area contributed by atoms with E-state index in [0.717, 1.165) is 29.6 Å². The van der Waals surface area contributed by atoms with E-state index in [1.54, 1.807) is 0 Å². The van der Waals surface area contributed by atoms with Crippen molar-refractivity contribution in [2.24, 2.45) is 35.5 Å². The second-order valence-corrected chi connectivity index (χ2v) is 7.91. The Morgan fingerprint density at radius 1 is 1.00 bits per heavy atom. The monoisotopic (exact) mass is 252 g/mol. The van der Waals surface area contributed by atoms with Crippen LogP contribution >= 0.6 is 0 Å². The number of aliphatic hydroxyl groups is 1. The van der Waals surface area contributed by atoms with Crippen LogP contribution in [0.3, 0.4) is 0 Å². The molecular weight excluding hydrogens is 220 g/mol. The summed E-state index contributed by atoms with van der Waals surface area (Å²) in [6.45, 7) is 11.1. The van der Waals surface area contributed by atoms with Gasteiger partial charge >= 0.3 is 0 Å². The van der Waals surface area contributed by atoms with E-state index in [0.29, 0.717) is 5.92 Å². The van der Waals surface area contributed by atoms with E-state index >= 15 is 0 Å². The number of rotatable bonds is 2. The molecule has 18 heavy (non-hydrogen) atoms. The Hall–Kier alpha value is -0.0400. The zero-order chi connectivity index (χ0) is 13.5. The molecule has 0 aromatic carbocycles.